The summed E-state index contributed by atoms with van der Waals surface area (Å²) >= 11 is 2.45. The molecule has 2 heterocycles. The normalized spacial score (nSPS) is 26.4. The van der Waals surface area contributed by atoms with Gasteiger partial charge in [-0.25, -0.2) is 9.97 Å². The van der Waals surface area contributed by atoms with Gasteiger partial charge < -0.3 is 9.47 Å². The number of likely N-dealkylation sites (tertiary alicyclic amines) is 1. The Kier molecular flexibility index (Phi) is 8.33. The number of aromatic nitrogens is 2. The van der Waals surface area contributed by atoms with E-state index in [2.05, 4.69) is 71.4 Å². The van der Waals surface area contributed by atoms with Crippen LogP contribution in [0.15, 0.2) is 24.4 Å². The predicted octanol–water partition coefficient (Wildman–Crippen LogP) is 6.15. The predicted molar refractivity (Wildman–Crippen MR) is 143 cm³/mol. The maximum atomic E-state index is 12.1. The molecule has 1 saturated heterocycles. The molecular formula is C27H38IN3O3. The zero-order chi connectivity index (χ0) is 24.3. The van der Waals surface area contributed by atoms with Gasteiger partial charge in [0.25, 0.3) is 0 Å². The lowest BCUT2D eigenvalue weighted by Gasteiger charge is -2.36. The molecule has 186 valence electrons. The van der Waals surface area contributed by atoms with Gasteiger partial charge in [0.2, 0.25) is 5.88 Å². The summed E-state index contributed by atoms with van der Waals surface area (Å²) in [7, 11) is 0. The van der Waals surface area contributed by atoms with Gasteiger partial charge in [-0.2, -0.15) is 0 Å². The second-order valence-electron chi connectivity index (χ2n) is 10.9. The second kappa shape index (κ2) is 11.1. The highest BCUT2D eigenvalue weighted by molar-refractivity contribution is 14.1. The van der Waals surface area contributed by atoms with Gasteiger partial charge in [0.15, 0.2) is 0 Å². The molecule has 4 rings (SSSR count). The molecule has 2 atom stereocenters. The molecule has 0 bridgehead atoms. The number of piperidine rings is 1. The maximum Gasteiger partial charge on any atom is 0.309 e. The number of hydrogen-bond acceptors (Lipinski definition) is 6. The molecule has 2 aromatic rings. The zero-order valence-electron chi connectivity index (χ0n) is 20.9. The monoisotopic (exact) mass is 579 g/mol. The summed E-state index contributed by atoms with van der Waals surface area (Å²) in [6.45, 7) is 11.1. The molecule has 6 nitrogen and oxygen atoms in total. The van der Waals surface area contributed by atoms with Gasteiger partial charge >= 0.3 is 5.97 Å². The number of carbonyl (C=O) groups excluding carboxylic acids is 1. The van der Waals surface area contributed by atoms with Crippen LogP contribution >= 0.6 is 22.6 Å². The number of benzene rings is 1. The van der Waals surface area contributed by atoms with E-state index < -0.39 is 0 Å². The first-order valence-corrected chi connectivity index (χ1v) is 13.9. The third-order valence-electron chi connectivity index (χ3n) is 7.42. The minimum absolute atomic E-state index is 0.0162. The van der Waals surface area contributed by atoms with Crippen LogP contribution in [-0.2, 0) is 16.1 Å². The minimum Gasteiger partial charge on any atom is -0.473 e. The van der Waals surface area contributed by atoms with E-state index in [4.69, 9.17) is 14.5 Å². The molecule has 2 unspecified atom stereocenters. The summed E-state index contributed by atoms with van der Waals surface area (Å²) in [5.41, 5.74) is 3.36. The average molecular weight is 580 g/mol. The molecule has 1 aliphatic heterocycles. The van der Waals surface area contributed by atoms with Crippen LogP contribution in [0.25, 0.3) is 11.0 Å². The van der Waals surface area contributed by atoms with Crippen LogP contribution < -0.4 is 4.74 Å². The van der Waals surface area contributed by atoms with Crippen LogP contribution in [0.2, 0.25) is 0 Å². The molecular weight excluding hydrogens is 541 g/mol. The first kappa shape index (κ1) is 25.6. The number of rotatable bonds is 6. The summed E-state index contributed by atoms with van der Waals surface area (Å²) in [6.07, 6.45) is 8.31. The summed E-state index contributed by atoms with van der Waals surface area (Å²) in [5.74, 6) is 1.37. The molecule has 1 aromatic heterocycles. The molecule has 0 radical (unpaired) electrons. The fraction of sp³-hybridized carbons (Fsp3) is 0.667. The number of halogens is 1. The van der Waals surface area contributed by atoms with Crippen molar-refractivity contribution in [2.45, 2.75) is 82.9 Å². The number of fused-ring (bicyclic) bond motifs is 1. The molecule has 34 heavy (non-hydrogen) atoms. The standard InChI is InChI=1S/C27H38IN3O3/c1-5-33-26(32)19-12-13-31(24(28)15-19)17-18-6-11-22-23(14-18)29-16-25(30-22)34-21-9-7-20(8-10-21)27(2,3)4/h6,11,14,16,19-21,24H,5,7-10,12-13,15,17H2,1-4H3. The lowest BCUT2D eigenvalue weighted by molar-refractivity contribution is -0.149. The van der Waals surface area contributed by atoms with E-state index >= 15 is 0 Å². The molecule has 0 spiro atoms. The van der Waals surface area contributed by atoms with Crippen molar-refractivity contribution in [3.8, 4) is 5.88 Å². The van der Waals surface area contributed by atoms with E-state index in [0.717, 1.165) is 55.7 Å². The molecule has 2 aliphatic rings. The maximum absolute atomic E-state index is 12.1. The van der Waals surface area contributed by atoms with E-state index in [9.17, 15) is 4.79 Å². The van der Waals surface area contributed by atoms with Crippen LogP contribution in [0.5, 0.6) is 5.88 Å². The number of alkyl halides is 1. The van der Waals surface area contributed by atoms with E-state index in [1.165, 1.54) is 18.4 Å². The van der Waals surface area contributed by atoms with Crippen molar-refractivity contribution in [3.05, 3.63) is 30.0 Å². The fourth-order valence-corrected chi connectivity index (χ4v) is 6.35. The minimum atomic E-state index is -0.0509. The molecule has 1 aliphatic carbocycles. The third kappa shape index (κ3) is 6.39. The van der Waals surface area contributed by atoms with Gasteiger partial charge in [-0.15, -0.1) is 0 Å². The lowest BCUT2D eigenvalue weighted by Crippen LogP contribution is -2.41. The van der Waals surface area contributed by atoms with Crippen molar-refractivity contribution in [2.75, 3.05) is 13.2 Å². The summed E-state index contributed by atoms with van der Waals surface area (Å²) < 4.78 is 11.7. The highest BCUT2D eigenvalue weighted by Crippen LogP contribution is 2.38. The van der Waals surface area contributed by atoms with Gasteiger partial charge in [0.1, 0.15) is 6.10 Å². The van der Waals surface area contributed by atoms with E-state index in [1.807, 2.05) is 6.92 Å². The highest BCUT2D eigenvalue weighted by Gasteiger charge is 2.32. The quantitative estimate of drug-likeness (QED) is 0.177. The van der Waals surface area contributed by atoms with Crippen molar-refractivity contribution in [2.24, 2.45) is 17.3 Å². The van der Waals surface area contributed by atoms with E-state index in [0.29, 0.717) is 22.0 Å². The van der Waals surface area contributed by atoms with Crippen LogP contribution in [0, 0.1) is 17.3 Å². The topological polar surface area (TPSA) is 64.5 Å². The number of carbonyl (C=O) groups is 1. The number of ether oxygens (including phenoxy) is 2. The largest absolute Gasteiger partial charge is 0.473 e. The smallest absolute Gasteiger partial charge is 0.309 e. The Morgan fingerprint density at radius 2 is 1.91 bits per heavy atom. The Hall–Kier alpha value is -1.48. The molecule has 7 heteroatoms. The van der Waals surface area contributed by atoms with Gasteiger partial charge in [-0.1, -0.05) is 49.4 Å². The van der Waals surface area contributed by atoms with Crippen LogP contribution in [-0.4, -0.2) is 44.1 Å². The van der Waals surface area contributed by atoms with E-state index in [1.54, 1.807) is 6.20 Å². The molecule has 0 amide bonds. The van der Waals surface area contributed by atoms with Gasteiger partial charge in [-0.05, 0) is 74.5 Å². The second-order valence-corrected chi connectivity index (χ2v) is 12.3. The first-order chi connectivity index (χ1) is 16.2. The van der Waals surface area contributed by atoms with Gasteiger partial charge in [0.05, 0.1) is 33.8 Å². The summed E-state index contributed by atoms with van der Waals surface area (Å²) in [4.78, 5) is 23.9. The number of nitrogens with zero attached hydrogens (tertiary/aromatic N) is 3. The van der Waals surface area contributed by atoms with Crippen LogP contribution in [0.4, 0.5) is 0 Å². The fourth-order valence-electron chi connectivity index (χ4n) is 5.26. The van der Waals surface area contributed by atoms with Crippen LogP contribution in [0.3, 0.4) is 0 Å². The SMILES string of the molecule is CCOC(=O)C1CCN(Cc2ccc3nc(OC4CCC(C(C)(C)C)CC4)cnc3c2)C(I)C1. The Labute approximate surface area is 217 Å². The highest BCUT2D eigenvalue weighted by atomic mass is 127. The Balaban J connectivity index is 1.34. The lowest BCUT2D eigenvalue weighted by atomic mass is 9.72. The third-order valence-corrected chi connectivity index (χ3v) is 8.71. The Morgan fingerprint density at radius 1 is 1.15 bits per heavy atom. The average Bonchev–Trinajstić information content (AvgIpc) is 2.80. The van der Waals surface area contributed by atoms with Crippen molar-refractivity contribution in [1.29, 1.82) is 0 Å². The van der Waals surface area contributed by atoms with Crippen molar-refractivity contribution >= 4 is 39.6 Å². The van der Waals surface area contributed by atoms with Crippen molar-refractivity contribution in [1.82, 2.24) is 14.9 Å². The molecule has 0 N–H and O–H groups in total. The molecule has 1 saturated carbocycles. The van der Waals surface area contributed by atoms with Crippen molar-refractivity contribution in [3.63, 3.8) is 0 Å². The summed E-state index contributed by atoms with van der Waals surface area (Å²) in [5, 5.41) is 0. The van der Waals surface area contributed by atoms with Gasteiger partial charge in [-0.3, -0.25) is 9.69 Å². The van der Waals surface area contributed by atoms with Gasteiger partial charge in [0, 0.05) is 13.1 Å². The molecule has 1 aromatic carbocycles. The van der Waals surface area contributed by atoms with Crippen molar-refractivity contribution < 1.29 is 14.3 Å². The van der Waals surface area contributed by atoms with Crippen LogP contribution in [0.1, 0.15) is 71.8 Å². The summed E-state index contributed by atoms with van der Waals surface area (Å²) in [6, 6.07) is 6.31. The Morgan fingerprint density at radius 3 is 2.59 bits per heavy atom. The first-order valence-electron chi connectivity index (χ1n) is 12.7. The number of esters is 1. The Bertz CT molecular complexity index is 985. The zero-order valence-corrected chi connectivity index (χ0v) is 23.1. The van der Waals surface area contributed by atoms with E-state index in [-0.39, 0.29) is 18.0 Å². The molecule has 2 fully saturated rings. The number of hydrogen-bond donors (Lipinski definition) is 0.